The molecule has 1 aromatic rings. The van der Waals surface area contributed by atoms with Crippen molar-refractivity contribution in [1.82, 2.24) is 14.9 Å². The van der Waals surface area contributed by atoms with Gasteiger partial charge < -0.3 is 10.6 Å². The van der Waals surface area contributed by atoms with Crippen LogP contribution in [0.5, 0.6) is 0 Å². The van der Waals surface area contributed by atoms with Crippen molar-refractivity contribution < 1.29 is 9.59 Å². The van der Waals surface area contributed by atoms with E-state index in [0.717, 1.165) is 31.6 Å². The quantitative estimate of drug-likeness (QED) is 0.833. The van der Waals surface area contributed by atoms with Crippen LogP contribution in [0.3, 0.4) is 0 Å². The zero-order valence-electron chi connectivity index (χ0n) is 14.2. The molecular formula is C17H26N4O2. The third kappa shape index (κ3) is 4.58. The Morgan fingerprint density at radius 3 is 2.43 bits per heavy atom. The summed E-state index contributed by atoms with van der Waals surface area (Å²) in [7, 11) is 0. The molecule has 2 atom stereocenters. The van der Waals surface area contributed by atoms with Crippen LogP contribution in [0.15, 0.2) is 12.4 Å². The fourth-order valence-electron chi connectivity index (χ4n) is 3.08. The van der Waals surface area contributed by atoms with E-state index in [2.05, 4.69) is 16.9 Å². The summed E-state index contributed by atoms with van der Waals surface area (Å²) in [6, 6.07) is -0.439. The lowest BCUT2D eigenvalue weighted by atomic mass is 9.82. The molecule has 6 heteroatoms. The molecule has 1 aliphatic heterocycles. The van der Waals surface area contributed by atoms with Crippen molar-refractivity contribution in [1.29, 1.82) is 0 Å². The molecule has 0 spiro atoms. The van der Waals surface area contributed by atoms with Crippen LogP contribution in [0.1, 0.15) is 49.3 Å². The number of nitrogens with zero attached hydrogens (tertiary/aromatic N) is 3. The summed E-state index contributed by atoms with van der Waals surface area (Å²) in [4.78, 5) is 34.3. The van der Waals surface area contributed by atoms with E-state index in [9.17, 15) is 9.59 Å². The number of rotatable bonds is 5. The first-order chi connectivity index (χ1) is 10.9. The zero-order valence-corrected chi connectivity index (χ0v) is 14.2. The van der Waals surface area contributed by atoms with Crippen molar-refractivity contribution in [2.45, 2.75) is 46.1 Å². The van der Waals surface area contributed by atoms with Gasteiger partial charge in [-0.15, -0.1) is 0 Å². The van der Waals surface area contributed by atoms with Gasteiger partial charge in [-0.05, 0) is 38.5 Å². The molecule has 126 valence electrons. The molecule has 0 aromatic carbocycles. The lowest BCUT2D eigenvalue weighted by Crippen LogP contribution is -2.46. The molecule has 0 aliphatic carbocycles. The molecule has 2 rings (SSSR count). The van der Waals surface area contributed by atoms with Crippen LogP contribution in [-0.2, 0) is 4.79 Å². The maximum absolute atomic E-state index is 12.3. The van der Waals surface area contributed by atoms with E-state index in [0.29, 0.717) is 18.0 Å². The van der Waals surface area contributed by atoms with E-state index in [1.165, 1.54) is 0 Å². The highest BCUT2D eigenvalue weighted by atomic mass is 16.2. The Morgan fingerprint density at radius 2 is 1.91 bits per heavy atom. The van der Waals surface area contributed by atoms with Crippen molar-refractivity contribution in [2.75, 3.05) is 13.1 Å². The molecule has 6 nitrogen and oxygen atoms in total. The minimum Gasteiger partial charge on any atom is -0.341 e. The summed E-state index contributed by atoms with van der Waals surface area (Å²) in [5, 5.41) is 0. The first kappa shape index (κ1) is 17.5. The summed E-state index contributed by atoms with van der Waals surface area (Å²) in [5.74, 6) is 0.786. The highest BCUT2D eigenvalue weighted by Crippen LogP contribution is 2.28. The fraction of sp³-hybridized carbons (Fsp3) is 0.647. The Labute approximate surface area is 137 Å². The van der Waals surface area contributed by atoms with E-state index in [1.807, 2.05) is 11.8 Å². The highest BCUT2D eigenvalue weighted by Gasteiger charge is 2.28. The Hall–Kier alpha value is -1.82. The fourth-order valence-corrected chi connectivity index (χ4v) is 3.08. The Kier molecular flexibility index (Phi) is 5.82. The standard InChI is InChI=1S/C17H26N4O2/c1-11(8-16(22)15-10-19-12(2)9-20-15)14-4-6-21(7-5-14)17(23)13(3)18/h9-11,13-14H,4-8,18H2,1-3H3/t11?,13-/m0/s1. The summed E-state index contributed by atoms with van der Waals surface area (Å²) in [6.07, 6.45) is 5.49. The van der Waals surface area contributed by atoms with Gasteiger partial charge in [0, 0.05) is 25.7 Å². The van der Waals surface area contributed by atoms with E-state index in [1.54, 1.807) is 19.3 Å². The van der Waals surface area contributed by atoms with Gasteiger partial charge in [0.2, 0.25) is 5.91 Å². The predicted molar refractivity (Wildman–Crippen MR) is 87.8 cm³/mol. The van der Waals surface area contributed by atoms with Crippen molar-refractivity contribution in [3.63, 3.8) is 0 Å². The topological polar surface area (TPSA) is 89.2 Å². The highest BCUT2D eigenvalue weighted by molar-refractivity contribution is 5.94. The number of carbonyl (C=O) groups excluding carboxylic acids is 2. The van der Waals surface area contributed by atoms with E-state index in [4.69, 9.17) is 5.73 Å². The lowest BCUT2D eigenvalue weighted by Gasteiger charge is -2.35. The van der Waals surface area contributed by atoms with Gasteiger partial charge in [0.05, 0.1) is 17.9 Å². The Morgan fingerprint density at radius 1 is 1.26 bits per heavy atom. The maximum atomic E-state index is 12.3. The largest absolute Gasteiger partial charge is 0.341 e. The monoisotopic (exact) mass is 318 g/mol. The molecule has 1 amide bonds. The van der Waals surface area contributed by atoms with Gasteiger partial charge in [-0.2, -0.15) is 0 Å². The molecule has 1 fully saturated rings. The summed E-state index contributed by atoms with van der Waals surface area (Å²) >= 11 is 0. The number of hydrogen-bond acceptors (Lipinski definition) is 5. The average molecular weight is 318 g/mol. The third-order valence-corrected chi connectivity index (χ3v) is 4.62. The second-order valence-electron chi connectivity index (χ2n) is 6.60. The number of aryl methyl sites for hydroxylation is 1. The molecular weight excluding hydrogens is 292 g/mol. The number of Topliss-reactive ketones (excluding diaryl/α,β-unsaturated/α-hetero) is 1. The van der Waals surface area contributed by atoms with E-state index < -0.39 is 6.04 Å². The van der Waals surface area contributed by atoms with Crippen LogP contribution < -0.4 is 5.73 Å². The van der Waals surface area contributed by atoms with Crippen molar-refractivity contribution in [3.05, 3.63) is 23.8 Å². The molecule has 1 aliphatic rings. The van der Waals surface area contributed by atoms with Crippen LogP contribution in [0.25, 0.3) is 0 Å². The summed E-state index contributed by atoms with van der Waals surface area (Å²) in [5.41, 5.74) is 6.90. The second-order valence-corrected chi connectivity index (χ2v) is 6.60. The van der Waals surface area contributed by atoms with Crippen LogP contribution in [0.2, 0.25) is 0 Å². The lowest BCUT2D eigenvalue weighted by molar-refractivity contribution is -0.133. The number of likely N-dealkylation sites (tertiary alicyclic amines) is 1. The van der Waals surface area contributed by atoms with Crippen molar-refractivity contribution in [2.24, 2.45) is 17.6 Å². The van der Waals surface area contributed by atoms with Gasteiger partial charge in [0.25, 0.3) is 0 Å². The molecule has 1 aromatic heterocycles. The minimum absolute atomic E-state index is 0.0158. The number of piperidine rings is 1. The second kappa shape index (κ2) is 7.64. The van der Waals surface area contributed by atoms with Crippen molar-refractivity contribution >= 4 is 11.7 Å². The van der Waals surface area contributed by atoms with Gasteiger partial charge in [-0.3, -0.25) is 14.6 Å². The average Bonchev–Trinajstić information content (AvgIpc) is 2.54. The first-order valence-corrected chi connectivity index (χ1v) is 8.24. The smallest absolute Gasteiger partial charge is 0.239 e. The SMILES string of the molecule is Cc1cnc(C(=O)CC(C)C2CCN(C(=O)[C@H](C)N)CC2)cn1. The first-order valence-electron chi connectivity index (χ1n) is 8.24. The van der Waals surface area contributed by atoms with Crippen LogP contribution in [0.4, 0.5) is 0 Å². The number of nitrogens with two attached hydrogens (primary N) is 1. The summed E-state index contributed by atoms with van der Waals surface area (Å²) < 4.78 is 0. The molecule has 0 saturated carbocycles. The predicted octanol–water partition coefficient (Wildman–Crippen LogP) is 1.58. The molecule has 1 saturated heterocycles. The number of hydrogen-bond donors (Lipinski definition) is 1. The molecule has 1 unspecified atom stereocenters. The van der Waals surface area contributed by atoms with Crippen LogP contribution in [-0.4, -0.2) is 45.7 Å². The minimum atomic E-state index is -0.439. The third-order valence-electron chi connectivity index (χ3n) is 4.62. The van der Waals surface area contributed by atoms with Crippen molar-refractivity contribution in [3.8, 4) is 0 Å². The normalized spacial score (nSPS) is 18.5. The number of carbonyl (C=O) groups is 2. The maximum Gasteiger partial charge on any atom is 0.239 e. The summed E-state index contributed by atoms with van der Waals surface area (Å²) in [6.45, 7) is 7.13. The molecule has 2 heterocycles. The van der Waals surface area contributed by atoms with Gasteiger partial charge in [-0.1, -0.05) is 6.92 Å². The number of ketones is 1. The van der Waals surface area contributed by atoms with E-state index in [-0.39, 0.29) is 17.6 Å². The van der Waals surface area contributed by atoms with Crippen LogP contribution >= 0.6 is 0 Å². The van der Waals surface area contributed by atoms with Gasteiger partial charge in [0.1, 0.15) is 5.69 Å². The number of aromatic nitrogens is 2. The molecule has 0 radical (unpaired) electrons. The molecule has 23 heavy (non-hydrogen) atoms. The molecule has 2 N–H and O–H groups in total. The van der Waals surface area contributed by atoms with Gasteiger partial charge >= 0.3 is 0 Å². The Balaban J connectivity index is 1.85. The zero-order chi connectivity index (χ0) is 17.0. The molecule has 0 bridgehead atoms. The number of amides is 1. The Bertz CT molecular complexity index is 548. The van der Waals surface area contributed by atoms with Gasteiger partial charge in [0.15, 0.2) is 5.78 Å². The van der Waals surface area contributed by atoms with Crippen LogP contribution in [0, 0.1) is 18.8 Å². The van der Waals surface area contributed by atoms with E-state index >= 15 is 0 Å². The van der Waals surface area contributed by atoms with Gasteiger partial charge in [-0.25, -0.2) is 4.98 Å².